The van der Waals surface area contributed by atoms with Crippen molar-refractivity contribution in [2.75, 3.05) is 13.2 Å². The average Bonchev–Trinajstić information content (AvgIpc) is 2.45. The quantitative estimate of drug-likeness (QED) is 0.843. The molecule has 5 nitrogen and oxygen atoms in total. The van der Waals surface area contributed by atoms with E-state index in [9.17, 15) is 9.90 Å². The number of ether oxygens (including phenoxy) is 1. The Hall–Kier alpha value is -2.14. The van der Waals surface area contributed by atoms with Crippen LogP contribution in [0.25, 0.3) is 10.9 Å². The summed E-state index contributed by atoms with van der Waals surface area (Å²) in [4.78, 5) is 15.6. The molecule has 1 unspecified atom stereocenters. The van der Waals surface area contributed by atoms with Crippen molar-refractivity contribution in [1.82, 2.24) is 10.3 Å². The highest BCUT2D eigenvalue weighted by Gasteiger charge is 2.33. The summed E-state index contributed by atoms with van der Waals surface area (Å²) in [5.41, 5.74) is -0.384. The van der Waals surface area contributed by atoms with Crippen molar-refractivity contribution >= 4 is 16.9 Å². The van der Waals surface area contributed by atoms with Gasteiger partial charge in [-0.15, -0.1) is 0 Å². The molecule has 0 fully saturated rings. The van der Waals surface area contributed by atoms with E-state index >= 15 is 0 Å². The first kappa shape index (κ1) is 14.3. The molecule has 0 aliphatic carbocycles. The van der Waals surface area contributed by atoms with Crippen molar-refractivity contribution in [3.63, 3.8) is 0 Å². The van der Waals surface area contributed by atoms with E-state index in [-0.39, 0.29) is 6.61 Å². The Labute approximate surface area is 117 Å². The second-order valence-electron chi connectivity index (χ2n) is 4.79. The smallest absolute Gasteiger partial charge is 0.327 e. The number of hydrogen-bond donors (Lipinski definition) is 2. The van der Waals surface area contributed by atoms with Gasteiger partial charge in [0.05, 0.1) is 0 Å². The first-order valence-corrected chi connectivity index (χ1v) is 6.52. The third kappa shape index (κ3) is 2.88. The number of likely N-dealkylation sites (N-methyl/N-ethyl adjacent to an activating group) is 1. The molecule has 0 spiro atoms. The van der Waals surface area contributed by atoms with Gasteiger partial charge in [0.1, 0.15) is 23.4 Å². The van der Waals surface area contributed by atoms with Gasteiger partial charge in [0.25, 0.3) is 0 Å². The molecule has 1 atom stereocenters. The third-order valence-corrected chi connectivity index (χ3v) is 3.15. The Morgan fingerprint density at radius 1 is 1.40 bits per heavy atom. The second-order valence-corrected chi connectivity index (χ2v) is 4.79. The lowest BCUT2D eigenvalue weighted by Gasteiger charge is -2.25. The van der Waals surface area contributed by atoms with Crippen LogP contribution in [-0.4, -0.2) is 34.8 Å². The maximum atomic E-state index is 11.3. The minimum atomic E-state index is -1.12. The monoisotopic (exact) mass is 274 g/mol. The number of pyridine rings is 1. The van der Waals surface area contributed by atoms with E-state index in [1.54, 1.807) is 19.2 Å². The molecule has 0 bridgehead atoms. The Bertz CT molecular complexity index is 610. The number of nitrogens with zero attached hydrogens (tertiary/aromatic N) is 1. The van der Waals surface area contributed by atoms with Crippen molar-refractivity contribution in [3.05, 3.63) is 36.5 Å². The van der Waals surface area contributed by atoms with Crippen LogP contribution in [0.2, 0.25) is 0 Å². The Morgan fingerprint density at radius 3 is 2.85 bits per heavy atom. The molecular weight excluding hydrogens is 256 g/mol. The van der Waals surface area contributed by atoms with Crippen LogP contribution < -0.4 is 10.1 Å². The lowest BCUT2D eigenvalue weighted by molar-refractivity contribution is -0.145. The zero-order chi connectivity index (χ0) is 14.6. The normalized spacial score (nSPS) is 13.9. The van der Waals surface area contributed by atoms with Crippen molar-refractivity contribution in [3.8, 4) is 5.75 Å². The Balaban J connectivity index is 2.22. The second kappa shape index (κ2) is 5.88. The van der Waals surface area contributed by atoms with Crippen LogP contribution in [0.15, 0.2) is 36.5 Å². The van der Waals surface area contributed by atoms with E-state index in [2.05, 4.69) is 10.3 Å². The van der Waals surface area contributed by atoms with E-state index < -0.39 is 11.5 Å². The molecule has 106 valence electrons. The number of carbonyl (C=O) groups is 1. The van der Waals surface area contributed by atoms with Crippen LogP contribution in [0.5, 0.6) is 5.75 Å². The molecular formula is C15H18N2O3. The summed E-state index contributed by atoms with van der Waals surface area (Å²) in [6.45, 7) is 4.06. The number of fused-ring (bicyclic) bond motifs is 1. The van der Waals surface area contributed by atoms with Crippen LogP contribution in [0.4, 0.5) is 0 Å². The SMILES string of the molecule is CCNC(C)(COc1cccc2cccnc12)C(=O)O. The summed E-state index contributed by atoms with van der Waals surface area (Å²) >= 11 is 0. The summed E-state index contributed by atoms with van der Waals surface area (Å²) in [6.07, 6.45) is 1.69. The van der Waals surface area contributed by atoms with Gasteiger partial charge >= 0.3 is 5.97 Å². The lowest BCUT2D eigenvalue weighted by atomic mass is 10.0. The molecule has 2 N–H and O–H groups in total. The highest BCUT2D eigenvalue weighted by molar-refractivity contribution is 5.84. The molecule has 1 aromatic carbocycles. The minimum Gasteiger partial charge on any atom is -0.489 e. The maximum Gasteiger partial charge on any atom is 0.327 e. The standard InChI is InChI=1S/C15H18N2O3/c1-3-17-15(2,14(18)19)10-20-12-8-4-6-11-7-5-9-16-13(11)12/h4-9,17H,3,10H2,1-2H3,(H,18,19). The number of carboxylic acid groups (broad SMARTS) is 1. The lowest BCUT2D eigenvalue weighted by Crippen LogP contribution is -2.53. The van der Waals surface area contributed by atoms with E-state index in [4.69, 9.17) is 4.74 Å². The van der Waals surface area contributed by atoms with Crippen LogP contribution >= 0.6 is 0 Å². The minimum absolute atomic E-state index is 0.0336. The van der Waals surface area contributed by atoms with E-state index in [0.717, 1.165) is 10.9 Å². The van der Waals surface area contributed by atoms with Crippen LogP contribution in [0, 0.1) is 0 Å². The van der Waals surface area contributed by atoms with Crippen molar-refractivity contribution in [2.45, 2.75) is 19.4 Å². The van der Waals surface area contributed by atoms with Crippen LogP contribution in [0.3, 0.4) is 0 Å². The molecule has 5 heteroatoms. The molecule has 0 aliphatic heterocycles. The summed E-state index contributed by atoms with van der Waals surface area (Å²) in [7, 11) is 0. The maximum absolute atomic E-state index is 11.3. The van der Waals surface area contributed by atoms with Gasteiger partial charge in [-0.2, -0.15) is 0 Å². The number of para-hydroxylation sites is 1. The first-order valence-electron chi connectivity index (χ1n) is 6.52. The fourth-order valence-corrected chi connectivity index (χ4v) is 1.99. The molecule has 0 radical (unpaired) electrons. The molecule has 0 saturated carbocycles. The number of aliphatic carboxylic acids is 1. The van der Waals surface area contributed by atoms with Gasteiger partial charge in [0.2, 0.25) is 0 Å². The topological polar surface area (TPSA) is 71.5 Å². The largest absolute Gasteiger partial charge is 0.489 e. The first-order chi connectivity index (χ1) is 9.57. The molecule has 0 amide bonds. The Kier molecular flexibility index (Phi) is 4.20. The molecule has 1 heterocycles. The van der Waals surface area contributed by atoms with Crippen molar-refractivity contribution < 1.29 is 14.6 Å². The summed E-state index contributed by atoms with van der Waals surface area (Å²) in [6, 6.07) is 9.39. The molecule has 0 aliphatic rings. The van der Waals surface area contributed by atoms with Gasteiger partial charge in [0, 0.05) is 11.6 Å². The van der Waals surface area contributed by atoms with Gasteiger partial charge in [0.15, 0.2) is 0 Å². The summed E-state index contributed by atoms with van der Waals surface area (Å²) < 4.78 is 5.69. The predicted molar refractivity (Wildman–Crippen MR) is 77.0 cm³/mol. The van der Waals surface area contributed by atoms with E-state index in [1.165, 1.54) is 0 Å². The van der Waals surface area contributed by atoms with Crippen LogP contribution in [-0.2, 0) is 4.79 Å². The highest BCUT2D eigenvalue weighted by Crippen LogP contribution is 2.23. The van der Waals surface area contributed by atoms with Crippen LogP contribution in [0.1, 0.15) is 13.8 Å². The van der Waals surface area contributed by atoms with E-state index in [0.29, 0.717) is 12.3 Å². The number of rotatable bonds is 6. The van der Waals surface area contributed by atoms with Gasteiger partial charge in [-0.1, -0.05) is 25.1 Å². The predicted octanol–water partition coefficient (Wildman–Crippen LogP) is 2.07. The van der Waals surface area contributed by atoms with Crippen molar-refractivity contribution in [1.29, 1.82) is 0 Å². The third-order valence-electron chi connectivity index (χ3n) is 3.15. The van der Waals surface area contributed by atoms with Crippen molar-refractivity contribution in [2.24, 2.45) is 0 Å². The van der Waals surface area contributed by atoms with Gasteiger partial charge < -0.3 is 9.84 Å². The van der Waals surface area contributed by atoms with E-state index in [1.807, 2.05) is 31.2 Å². The zero-order valence-electron chi connectivity index (χ0n) is 11.6. The number of aromatic nitrogens is 1. The average molecular weight is 274 g/mol. The molecule has 2 rings (SSSR count). The number of nitrogens with one attached hydrogen (secondary N) is 1. The summed E-state index contributed by atoms with van der Waals surface area (Å²) in [5, 5.41) is 13.2. The van der Waals surface area contributed by atoms with Gasteiger partial charge in [-0.05, 0) is 25.6 Å². The fraction of sp³-hybridized carbons (Fsp3) is 0.333. The number of hydrogen-bond acceptors (Lipinski definition) is 4. The highest BCUT2D eigenvalue weighted by atomic mass is 16.5. The molecule has 0 saturated heterocycles. The number of benzene rings is 1. The molecule has 20 heavy (non-hydrogen) atoms. The van der Waals surface area contributed by atoms with Gasteiger partial charge in [-0.3, -0.25) is 15.1 Å². The molecule has 2 aromatic rings. The number of carboxylic acids is 1. The Morgan fingerprint density at radius 2 is 2.15 bits per heavy atom. The zero-order valence-corrected chi connectivity index (χ0v) is 11.6. The summed E-state index contributed by atoms with van der Waals surface area (Å²) in [5.74, 6) is -0.346. The fourth-order valence-electron chi connectivity index (χ4n) is 1.99. The molecule has 1 aromatic heterocycles. The van der Waals surface area contributed by atoms with Gasteiger partial charge in [-0.25, -0.2) is 0 Å².